The van der Waals surface area contributed by atoms with Crippen LogP contribution in [0.4, 0.5) is 0 Å². The monoisotopic (exact) mass is 260 g/mol. The second-order valence-corrected chi connectivity index (χ2v) is 6.14. The maximum atomic E-state index is 12.0. The number of rotatable bonds is 0. The molecule has 4 heteroatoms. The van der Waals surface area contributed by atoms with Gasteiger partial charge in [0, 0.05) is 18.3 Å². The van der Waals surface area contributed by atoms with Crippen molar-refractivity contribution in [3.8, 4) is 0 Å². The van der Waals surface area contributed by atoms with E-state index in [0.29, 0.717) is 18.6 Å². The van der Waals surface area contributed by atoms with E-state index in [-0.39, 0.29) is 35.6 Å². The fourth-order valence-electron chi connectivity index (χ4n) is 4.09. The Labute approximate surface area is 111 Å². The highest BCUT2D eigenvalue weighted by Gasteiger charge is 2.69. The van der Waals surface area contributed by atoms with Crippen LogP contribution in [0.15, 0.2) is 24.3 Å². The van der Waals surface area contributed by atoms with Crippen molar-refractivity contribution < 1.29 is 19.1 Å². The number of hydrogen-bond acceptors (Lipinski definition) is 4. The zero-order chi connectivity index (χ0) is 13.4. The molecule has 2 saturated heterocycles. The number of carbonyl (C=O) groups is 2. The predicted molar refractivity (Wildman–Crippen MR) is 66.2 cm³/mol. The van der Waals surface area contributed by atoms with Crippen LogP contribution in [0.2, 0.25) is 0 Å². The van der Waals surface area contributed by atoms with Gasteiger partial charge in [0.1, 0.15) is 6.10 Å². The molecule has 5 unspecified atom stereocenters. The van der Waals surface area contributed by atoms with Crippen molar-refractivity contribution in [1.29, 1.82) is 0 Å². The van der Waals surface area contributed by atoms with Crippen molar-refractivity contribution in [2.24, 2.45) is 17.8 Å². The second-order valence-electron chi connectivity index (χ2n) is 6.14. The van der Waals surface area contributed by atoms with E-state index in [9.17, 15) is 9.59 Å². The van der Waals surface area contributed by atoms with E-state index >= 15 is 0 Å². The van der Waals surface area contributed by atoms with E-state index in [1.165, 1.54) is 0 Å². The Morgan fingerprint density at radius 1 is 1.26 bits per heavy atom. The zero-order valence-electron chi connectivity index (χ0n) is 10.7. The molecule has 4 rings (SSSR count). The van der Waals surface area contributed by atoms with Crippen LogP contribution < -0.4 is 0 Å². The molecule has 2 saturated carbocycles. The van der Waals surface area contributed by atoms with Crippen LogP contribution in [0, 0.1) is 17.8 Å². The van der Waals surface area contributed by atoms with E-state index in [1.54, 1.807) is 0 Å². The van der Waals surface area contributed by atoms with E-state index in [2.05, 4.69) is 13.2 Å². The Hall–Kier alpha value is -1.42. The Morgan fingerprint density at radius 3 is 2.68 bits per heavy atom. The molecule has 0 N–H and O–H groups in total. The van der Waals surface area contributed by atoms with Crippen LogP contribution in [0.3, 0.4) is 0 Å². The molecule has 19 heavy (non-hydrogen) atoms. The summed E-state index contributed by atoms with van der Waals surface area (Å²) in [6, 6.07) is 0. The summed E-state index contributed by atoms with van der Waals surface area (Å²) < 4.78 is 11.0. The van der Waals surface area contributed by atoms with Gasteiger partial charge in [0.05, 0.1) is 6.61 Å². The van der Waals surface area contributed by atoms with Crippen molar-refractivity contribution in [2.75, 3.05) is 6.61 Å². The summed E-state index contributed by atoms with van der Waals surface area (Å²) in [5, 5.41) is 0. The Kier molecular flexibility index (Phi) is 2.02. The molecule has 2 aliphatic heterocycles. The first kappa shape index (κ1) is 11.4. The molecule has 4 nitrogen and oxygen atoms in total. The molecule has 0 aromatic carbocycles. The fourth-order valence-corrected chi connectivity index (χ4v) is 4.09. The fraction of sp³-hybridized carbons (Fsp3) is 0.600. The van der Waals surface area contributed by atoms with E-state index in [0.717, 1.165) is 18.4 Å². The molecule has 0 aromatic heterocycles. The lowest BCUT2D eigenvalue weighted by Gasteiger charge is -2.25. The molecule has 100 valence electrons. The molecule has 0 aromatic rings. The summed E-state index contributed by atoms with van der Waals surface area (Å²) in [5.41, 5.74) is 0.984. The van der Waals surface area contributed by atoms with E-state index in [1.807, 2.05) is 0 Å². The minimum absolute atomic E-state index is 0.0504. The molecule has 1 spiro atoms. The number of fused-ring (bicyclic) bond motifs is 4. The number of epoxide rings is 1. The minimum Gasteiger partial charge on any atom is -0.459 e. The van der Waals surface area contributed by atoms with E-state index in [4.69, 9.17) is 9.47 Å². The number of carbonyl (C=O) groups excluding carboxylic acids is 2. The molecular weight excluding hydrogens is 244 g/mol. The highest BCUT2D eigenvalue weighted by atomic mass is 16.7. The molecular formula is C15H16O4. The lowest BCUT2D eigenvalue weighted by Crippen LogP contribution is -2.33. The normalized spacial score (nSPS) is 48.0. The standard InChI is InChI=1S/C15H16O4/c1-7-3-4-10-13(19-14(17)15(10)6-18-15)12-8(2)11(16)5-9(7)12/h9-10,12-13H,1-6H2. The summed E-state index contributed by atoms with van der Waals surface area (Å²) in [7, 11) is 0. The predicted octanol–water partition coefficient (Wildman–Crippen LogP) is 1.41. The number of ketones is 1. The summed E-state index contributed by atoms with van der Waals surface area (Å²) >= 11 is 0. The number of hydrogen-bond donors (Lipinski definition) is 0. The maximum absolute atomic E-state index is 12.0. The molecule has 0 radical (unpaired) electrons. The first-order chi connectivity index (χ1) is 9.04. The largest absolute Gasteiger partial charge is 0.459 e. The first-order valence-corrected chi connectivity index (χ1v) is 6.79. The van der Waals surface area contributed by atoms with Gasteiger partial charge < -0.3 is 9.47 Å². The van der Waals surface area contributed by atoms with Crippen LogP contribution in [0.25, 0.3) is 0 Å². The number of Topliss-reactive ketones (excluding diaryl/α,β-unsaturated/α-hetero) is 1. The van der Waals surface area contributed by atoms with Crippen molar-refractivity contribution in [1.82, 2.24) is 0 Å². The molecule has 2 heterocycles. The summed E-state index contributed by atoms with van der Waals surface area (Å²) in [6.07, 6.45) is 1.91. The number of esters is 1. The molecule has 0 bridgehead atoms. The Balaban J connectivity index is 1.78. The average molecular weight is 260 g/mol. The minimum atomic E-state index is -0.717. The molecule has 2 aliphatic carbocycles. The number of allylic oxidation sites excluding steroid dienone is 1. The van der Waals surface area contributed by atoms with Crippen molar-refractivity contribution in [3.05, 3.63) is 24.3 Å². The van der Waals surface area contributed by atoms with Gasteiger partial charge in [0.25, 0.3) is 0 Å². The third-order valence-electron chi connectivity index (χ3n) is 5.29. The Morgan fingerprint density at radius 2 is 2.00 bits per heavy atom. The van der Waals surface area contributed by atoms with Crippen LogP contribution in [0.5, 0.6) is 0 Å². The van der Waals surface area contributed by atoms with Gasteiger partial charge in [0.15, 0.2) is 11.4 Å². The highest BCUT2D eigenvalue weighted by molar-refractivity contribution is 5.99. The SMILES string of the molecule is C=C1CCC2C(OC(=O)C23CO3)C2C(=C)C(=O)CC12. The summed E-state index contributed by atoms with van der Waals surface area (Å²) in [4.78, 5) is 23.9. The van der Waals surface area contributed by atoms with Crippen molar-refractivity contribution in [3.63, 3.8) is 0 Å². The van der Waals surface area contributed by atoms with Crippen LogP contribution in [0.1, 0.15) is 19.3 Å². The Bertz CT molecular complexity index is 528. The average Bonchev–Trinajstić information content (AvgIpc) is 3.07. The van der Waals surface area contributed by atoms with Gasteiger partial charge in [-0.1, -0.05) is 18.7 Å². The van der Waals surface area contributed by atoms with Crippen LogP contribution >= 0.6 is 0 Å². The first-order valence-electron chi connectivity index (χ1n) is 6.79. The number of ether oxygens (including phenoxy) is 2. The lowest BCUT2D eigenvalue weighted by molar-refractivity contribution is -0.146. The summed E-state index contributed by atoms with van der Waals surface area (Å²) in [6.45, 7) is 8.51. The molecule has 0 amide bonds. The third kappa shape index (κ3) is 1.27. The van der Waals surface area contributed by atoms with Crippen molar-refractivity contribution in [2.45, 2.75) is 31.0 Å². The topological polar surface area (TPSA) is 55.9 Å². The highest BCUT2D eigenvalue weighted by Crippen LogP contribution is 2.56. The van der Waals surface area contributed by atoms with Gasteiger partial charge in [-0.25, -0.2) is 4.79 Å². The van der Waals surface area contributed by atoms with Gasteiger partial charge in [-0.3, -0.25) is 4.79 Å². The second kappa shape index (κ2) is 3.37. The quantitative estimate of drug-likeness (QED) is 0.286. The van der Waals surface area contributed by atoms with Crippen LogP contribution in [-0.4, -0.2) is 30.1 Å². The maximum Gasteiger partial charge on any atom is 0.341 e. The molecule has 4 fully saturated rings. The van der Waals surface area contributed by atoms with Gasteiger partial charge in [-0.05, 0) is 24.3 Å². The van der Waals surface area contributed by atoms with Gasteiger partial charge in [-0.2, -0.15) is 0 Å². The summed E-state index contributed by atoms with van der Waals surface area (Å²) in [5.74, 6) is -0.0995. The molecule has 4 aliphatic rings. The van der Waals surface area contributed by atoms with Crippen LogP contribution in [-0.2, 0) is 19.1 Å². The molecule has 5 atom stereocenters. The van der Waals surface area contributed by atoms with E-state index < -0.39 is 5.60 Å². The lowest BCUT2D eigenvalue weighted by atomic mass is 9.80. The smallest absolute Gasteiger partial charge is 0.341 e. The van der Waals surface area contributed by atoms with Crippen molar-refractivity contribution >= 4 is 11.8 Å². The van der Waals surface area contributed by atoms with Gasteiger partial charge >= 0.3 is 5.97 Å². The zero-order valence-corrected chi connectivity index (χ0v) is 10.7. The third-order valence-corrected chi connectivity index (χ3v) is 5.29. The van der Waals surface area contributed by atoms with Gasteiger partial charge in [0.2, 0.25) is 0 Å². The van der Waals surface area contributed by atoms with Gasteiger partial charge in [-0.15, -0.1) is 0 Å².